The zero-order chi connectivity index (χ0) is 19.4. The Kier molecular flexibility index (Phi) is 6.31. The van der Waals surface area contributed by atoms with Crippen molar-refractivity contribution in [2.24, 2.45) is 11.8 Å². The molecule has 1 aliphatic carbocycles. The first-order valence-corrected chi connectivity index (χ1v) is 10.3. The molecule has 1 heteroatoms. The van der Waals surface area contributed by atoms with Crippen LogP contribution in [-0.2, 0) is 11.2 Å². The number of carbonyl (C=O) groups is 1. The number of benzene rings is 2. The van der Waals surface area contributed by atoms with Gasteiger partial charge in [0.15, 0.2) is 0 Å². The molecule has 0 amide bonds. The van der Waals surface area contributed by atoms with Gasteiger partial charge in [0.1, 0.15) is 5.78 Å². The van der Waals surface area contributed by atoms with Gasteiger partial charge in [0, 0.05) is 11.8 Å². The zero-order valence-corrected chi connectivity index (χ0v) is 17.0. The van der Waals surface area contributed by atoms with Gasteiger partial charge in [0.05, 0.1) is 0 Å². The second-order valence-corrected chi connectivity index (χ2v) is 8.25. The van der Waals surface area contributed by atoms with Crippen LogP contribution in [0.5, 0.6) is 0 Å². The van der Waals surface area contributed by atoms with Crippen LogP contribution in [0, 0.1) is 18.8 Å². The fraction of sp³-hybridized carbons (Fsp3) is 0.423. The van der Waals surface area contributed by atoms with Crippen LogP contribution in [0.3, 0.4) is 0 Å². The Morgan fingerprint density at radius 2 is 1.85 bits per heavy atom. The quantitative estimate of drug-likeness (QED) is 0.739. The van der Waals surface area contributed by atoms with Crippen molar-refractivity contribution in [3.05, 3.63) is 69.6 Å². The summed E-state index contributed by atoms with van der Waals surface area (Å²) in [7, 11) is 0. The van der Waals surface area contributed by atoms with Crippen LogP contribution >= 0.6 is 0 Å². The highest BCUT2D eigenvalue weighted by atomic mass is 16.1. The predicted octanol–water partition coefficient (Wildman–Crippen LogP) is 4.93. The van der Waals surface area contributed by atoms with E-state index in [4.69, 9.17) is 0 Å². The molecule has 1 fully saturated rings. The topological polar surface area (TPSA) is 17.1 Å². The van der Waals surface area contributed by atoms with E-state index in [-0.39, 0.29) is 11.8 Å². The van der Waals surface area contributed by atoms with Crippen molar-refractivity contribution in [3.63, 3.8) is 0 Å². The third kappa shape index (κ3) is 4.58. The van der Waals surface area contributed by atoms with Crippen molar-refractivity contribution < 1.29 is 4.79 Å². The van der Waals surface area contributed by atoms with Gasteiger partial charge in [-0.05, 0) is 73.4 Å². The maximum absolute atomic E-state index is 13.0. The van der Waals surface area contributed by atoms with Crippen LogP contribution in [0.4, 0.5) is 0 Å². The molecule has 1 unspecified atom stereocenters. The Morgan fingerprint density at radius 3 is 2.52 bits per heavy atom. The number of rotatable bonds is 5. The first kappa shape index (κ1) is 19.6. The van der Waals surface area contributed by atoms with Crippen LogP contribution in [0.2, 0.25) is 0 Å². The van der Waals surface area contributed by atoms with Gasteiger partial charge in [0.25, 0.3) is 0 Å². The molecule has 0 aliphatic heterocycles. The SMILES string of the molecule is C=c1cccc(C2CCC(C(=O)C(C)Cc3cccc(C)c3)CC2)/c1=C\C. The lowest BCUT2D eigenvalue weighted by molar-refractivity contribution is -0.127. The van der Waals surface area contributed by atoms with E-state index in [2.05, 4.69) is 75.9 Å². The molecule has 2 aromatic rings. The van der Waals surface area contributed by atoms with Gasteiger partial charge in [-0.2, -0.15) is 0 Å². The van der Waals surface area contributed by atoms with Gasteiger partial charge < -0.3 is 0 Å². The summed E-state index contributed by atoms with van der Waals surface area (Å²) < 4.78 is 0. The molecule has 0 heterocycles. The van der Waals surface area contributed by atoms with E-state index in [0.29, 0.717) is 11.7 Å². The lowest BCUT2D eigenvalue weighted by Gasteiger charge is -2.30. The van der Waals surface area contributed by atoms with E-state index >= 15 is 0 Å². The summed E-state index contributed by atoms with van der Waals surface area (Å²) in [5, 5.41) is 2.40. The van der Waals surface area contributed by atoms with Crippen LogP contribution in [0.1, 0.15) is 62.1 Å². The van der Waals surface area contributed by atoms with Crippen LogP contribution < -0.4 is 10.4 Å². The van der Waals surface area contributed by atoms with E-state index in [1.54, 1.807) is 0 Å². The average molecular weight is 361 g/mol. The van der Waals surface area contributed by atoms with Crippen molar-refractivity contribution >= 4 is 18.4 Å². The molecule has 3 rings (SSSR count). The number of carbonyl (C=O) groups excluding carboxylic acids is 1. The lowest BCUT2D eigenvalue weighted by atomic mass is 9.74. The molecule has 142 valence electrons. The predicted molar refractivity (Wildman–Crippen MR) is 115 cm³/mol. The van der Waals surface area contributed by atoms with Gasteiger partial charge >= 0.3 is 0 Å². The van der Waals surface area contributed by atoms with E-state index in [1.807, 2.05) is 0 Å². The summed E-state index contributed by atoms with van der Waals surface area (Å²) in [6.07, 6.45) is 7.30. The molecule has 0 spiro atoms. The van der Waals surface area contributed by atoms with Crippen LogP contribution in [0.15, 0.2) is 42.5 Å². The Bertz CT molecular complexity index is 900. The van der Waals surface area contributed by atoms with Crippen molar-refractivity contribution in [2.75, 3.05) is 0 Å². The highest BCUT2D eigenvalue weighted by molar-refractivity contribution is 5.83. The van der Waals surface area contributed by atoms with Crippen LogP contribution in [-0.4, -0.2) is 5.78 Å². The average Bonchev–Trinajstić information content (AvgIpc) is 2.67. The Hall–Kier alpha value is -2.15. The molecular weight excluding hydrogens is 328 g/mol. The minimum Gasteiger partial charge on any atom is -0.299 e. The van der Waals surface area contributed by atoms with E-state index in [0.717, 1.165) is 37.3 Å². The fourth-order valence-corrected chi connectivity index (χ4v) is 4.73. The van der Waals surface area contributed by atoms with Crippen molar-refractivity contribution in [1.82, 2.24) is 0 Å². The molecule has 0 aromatic heterocycles. The second-order valence-electron chi connectivity index (χ2n) is 8.25. The number of aryl methyl sites for hydroxylation is 1. The van der Waals surface area contributed by atoms with E-state index < -0.39 is 0 Å². The van der Waals surface area contributed by atoms with Gasteiger partial charge in [-0.1, -0.05) is 67.6 Å². The van der Waals surface area contributed by atoms with Crippen LogP contribution in [0.25, 0.3) is 12.7 Å². The summed E-state index contributed by atoms with van der Waals surface area (Å²) in [5.74, 6) is 1.37. The smallest absolute Gasteiger partial charge is 0.139 e. The molecular formula is C26H32O. The molecule has 27 heavy (non-hydrogen) atoms. The molecule has 1 nitrogen and oxygen atoms in total. The van der Waals surface area contributed by atoms with Gasteiger partial charge in [-0.25, -0.2) is 0 Å². The molecule has 1 saturated carbocycles. The van der Waals surface area contributed by atoms with Crippen molar-refractivity contribution in [3.8, 4) is 0 Å². The highest BCUT2D eigenvalue weighted by Crippen LogP contribution is 2.36. The normalized spacial score (nSPS) is 21.8. The molecule has 1 aliphatic rings. The zero-order valence-electron chi connectivity index (χ0n) is 17.0. The molecule has 1 atom stereocenters. The number of Topliss-reactive ketones (excluding diaryl/α,β-unsaturated/α-hetero) is 1. The first-order valence-electron chi connectivity index (χ1n) is 10.3. The van der Waals surface area contributed by atoms with E-state index in [1.165, 1.54) is 21.9 Å². The summed E-state index contributed by atoms with van der Waals surface area (Å²) in [4.78, 5) is 13.0. The molecule has 0 N–H and O–H groups in total. The maximum Gasteiger partial charge on any atom is 0.139 e. The van der Waals surface area contributed by atoms with Crippen molar-refractivity contribution in [1.29, 1.82) is 0 Å². The summed E-state index contributed by atoms with van der Waals surface area (Å²) in [5.41, 5.74) is 3.97. The Labute approximate surface area is 163 Å². The number of ketones is 1. The van der Waals surface area contributed by atoms with Gasteiger partial charge in [-0.15, -0.1) is 0 Å². The minimum absolute atomic E-state index is 0.107. The fourth-order valence-electron chi connectivity index (χ4n) is 4.73. The standard InChI is InChI=1S/C26H32O/c1-5-24-19(3)9-7-11-25(24)22-12-14-23(15-13-22)26(27)20(4)17-21-10-6-8-18(2)16-21/h5-11,16,20,22-23H,3,12-15,17H2,1-2,4H3/b24-5-. The second kappa shape index (κ2) is 8.69. The van der Waals surface area contributed by atoms with Gasteiger partial charge in [0.2, 0.25) is 0 Å². The third-order valence-electron chi connectivity index (χ3n) is 6.20. The minimum atomic E-state index is 0.107. The largest absolute Gasteiger partial charge is 0.299 e. The van der Waals surface area contributed by atoms with Gasteiger partial charge in [-0.3, -0.25) is 4.79 Å². The van der Waals surface area contributed by atoms with E-state index in [9.17, 15) is 4.79 Å². The monoisotopic (exact) mass is 360 g/mol. The molecule has 0 bridgehead atoms. The maximum atomic E-state index is 13.0. The Morgan fingerprint density at radius 1 is 1.15 bits per heavy atom. The molecule has 0 saturated heterocycles. The molecule has 2 aromatic carbocycles. The third-order valence-corrected chi connectivity index (χ3v) is 6.20. The number of hydrogen-bond donors (Lipinski definition) is 0. The van der Waals surface area contributed by atoms with Crippen molar-refractivity contribution in [2.45, 2.75) is 58.8 Å². The highest BCUT2D eigenvalue weighted by Gasteiger charge is 2.29. The number of hydrogen-bond acceptors (Lipinski definition) is 1. The summed E-state index contributed by atoms with van der Waals surface area (Å²) in [6.45, 7) is 10.5. The molecule has 0 radical (unpaired) electrons. The summed E-state index contributed by atoms with van der Waals surface area (Å²) in [6, 6.07) is 15.0. The summed E-state index contributed by atoms with van der Waals surface area (Å²) >= 11 is 0. The Balaban J connectivity index is 1.63. The first-order chi connectivity index (χ1) is 13.0. The lowest BCUT2D eigenvalue weighted by Crippen LogP contribution is -2.31.